The summed E-state index contributed by atoms with van der Waals surface area (Å²) in [6.45, 7) is 1.65. The van der Waals surface area contributed by atoms with Crippen molar-refractivity contribution in [3.8, 4) is 0 Å². The Balaban J connectivity index is 1.94. The fraction of sp³-hybridized carbons (Fsp3) is 0.118. The van der Waals surface area contributed by atoms with Crippen LogP contribution in [0.1, 0.15) is 29.0 Å². The average Bonchev–Trinajstić information content (AvgIpc) is 2.58. The van der Waals surface area contributed by atoms with E-state index in [1.54, 1.807) is 31.2 Å². The van der Waals surface area contributed by atoms with E-state index in [9.17, 15) is 14.0 Å². The van der Waals surface area contributed by atoms with E-state index in [1.165, 1.54) is 12.1 Å². The first-order valence-electron chi connectivity index (χ1n) is 7.31. The number of rotatable bonds is 3. The minimum Gasteiger partial charge on any atom is -0.344 e. The molecule has 0 bridgehead atoms. The molecule has 1 atom stereocenters. The molecule has 0 fully saturated rings. The van der Waals surface area contributed by atoms with Gasteiger partial charge in [-0.1, -0.05) is 41.4 Å². The zero-order chi connectivity index (χ0) is 18.1. The van der Waals surface area contributed by atoms with E-state index in [0.717, 1.165) is 0 Å². The highest BCUT2D eigenvalue weighted by Crippen LogP contribution is 2.28. The molecule has 0 saturated carbocycles. The number of aromatic nitrogens is 2. The molecule has 5 nitrogen and oxygen atoms in total. The fourth-order valence-corrected chi connectivity index (χ4v) is 3.05. The quantitative estimate of drug-likeness (QED) is 0.678. The van der Waals surface area contributed by atoms with Crippen LogP contribution in [0.4, 0.5) is 4.39 Å². The third-order valence-corrected chi connectivity index (χ3v) is 4.38. The monoisotopic (exact) mass is 379 g/mol. The molecular weight excluding hydrogens is 368 g/mol. The number of carbonyl (C=O) groups excluding carboxylic acids is 1. The lowest BCUT2D eigenvalue weighted by atomic mass is 10.1. The predicted molar refractivity (Wildman–Crippen MR) is 94.7 cm³/mol. The number of H-pyrrole nitrogens is 1. The summed E-state index contributed by atoms with van der Waals surface area (Å²) in [6.07, 6.45) is 0. The van der Waals surface area contributed by atoms with Gasteiger partial charge in [-0.2, -0.15) is 5.10 Å². The van der Waals surface area contributed by atoms with Crippen molar-refractivity contribution in [2.24, 2.45) is 0 Å². The topological polar surface area (TPSA) is 74.8 Å². The lowest BCUT2D eigenvalue weighted by Crippen LogP contribution is -2.29. The Morgan fingerprint density at radius 3 is 2.60 bits per heavy atom. The molecule has 0 saturated heterocycles. The molecule has 1 amide bonds. The summed E-state index contributed by atoms with van der Waals surface area (Å²) in [6, 6.07) is 8.48. The van der Waals surface area contributed by atoms with Gasteiger partial charge in [0.25, 0.3) is 11.5 Å². The first-order chi connectivity index (χ1) is 11.9. The maximum absolute atomic E-state index is 13.7. The zero-order valence-corrected chi connectivity index (χ0v) is 14.5. The van der Waals surface area contributed by atoms with E-state index in [4.69, 9.17) is 23.2 Å². The van der Waals surface area contributed by atoms with Crippen LogP contribution in [-0.4, -0.2) is 16.1 Å². The van der Waals surface area contributed by atoms with Crippen molar-refractivity contribution in [2.75, 3.05) is 0 Å². The minimum absolute atomic E-state index is 0.0626. The van der Waals surface area contributed by atoms with Crippen molar-refractivity contribution in [3.05, 3.63) is 73.9 Å². The van der Waals surface area contributed by atoms with Crippen LogP contribution in [0, 0.1) is 5.82 Å². The Labute approximate surface area is 151 Å². The lowest BCUT2D eigenvalue weighted by molar-refractivity contribution is 0.0935. The van der Waals surface area contributed by atoms with Crippen LogP contribution < -0.4 is 10.9 Å². The van der Waals surface area contributed by atoms with Crippen molar-refractivity contribution in [1.29, 1.82) is 0 Å². The second kappa shape index (κ2) is 6.82. The van der Waals surface area contributed by atoms with E-state index in [0.29, 0.717) is 16.3 Å². The van der Waals surface area contributed by atoms with Gasteiger partial charge in [0.05, 0.1) is 16.5 Å². The SMILES string of the molecule is CC(NC(=O)c1n[nH]c(=O)c2ccccc12)c1cc(F)c(Cl)cc1Cl. The molecule has 1 unspecified atom stereocenters. The highest BCUT2D eigenvalue weighted by Gasteiger charge is 2.19. The molecule has 8 heteroatoms. The summed E-state index contributed by atoms with van der Waals surface area (Å²) in [7, 11) is 0. The average molecular weight is 380 g/mol. The number of fused-ring (bicyclic) bond motifs is 1. The molecule has 0 aliphatic rings. The number of nitrogens with one attached hydrogen (secondary N) is 2. The van der Waals surface area contributed by atoms with Crippen LogP contribution in [0.15, 0.2) is 41.2 Å². The molecule has 2 aromatic carbocycles. The van der Waals surface area contributed by atoms with Gasteiger partial charge >= 0.3 is 0 Å². The molecule has 0 radical (unpaired) electrons. The number of amides is 1. The van der Waals surface area contributed by atoms with E-state index < -0.39 is 17.8 Å². The number of nitrogens with zero attached hydrogens (tertiary/aromatic N) is 1. The number of benzene rings is 2. The molecular formula is C17H12Cl2FN3O2. The number of hydrogen-bond acceptors (Lipinski definition) is 3. The van der Waals surface area contributed by atoms with Crippen LogP contribution in [-0.2, 0) is 0 Å². The first-order valence-corrected chi connectivity index (χ1v) is 8.07. The van der Waals surface area contributed by atoms with Crippen LogP contribution >= 0.6 is 23.2 Å². The Bertz CT molecular complexity index is 1040. The summed E-state index contributed by atoms with van der Waals surface area (Å²) in [5.74, 6) is -1.15. The highest BCUT2D eigenvalue weighted by molar-refractivity contribution is 6.35. The summed E-state index contributed by atoms with van der Waals surface area (Å²) >= 11 is 11.8. The largest absolute Gasteiger partial charge is 0.344 e. The molecule has 1 heterocycles. The van der Waals surface area contributed by atoms with Gasteiger partial charge in [-0.15, -0.1) is 0 Å². The number of hydrogen-bond donors (Lipinski definition) is 2. The molecule has 3 aromatic rings. The molecule has 0 aliphatic heterocycles. The van der Waals surface area contributed by atoms with Crippen LogP contribution in [0.3, 0.4) is 0 Å². The third kappa shape index (κ3) is 3.36. The molecule has 3 rings (SSSR count). The maximum Gasteiger partial charge on any atom is 0.272 e. The highest BCUT2D eigenvalue weighted by atomic mass is 35.5. The summed E-state index contributed by atoms with van der Waals surface area (Å²) in [5, 5.41) is 9.73. The van der Waals surface area contributed by atoms with Gasteiger partial charge in [0, 0.05) is 10.4 Å². The Morgan fingerprint density at radius 1 is 1.20 bits per heavy atom. The molecule has 1 aromatic heterocycles. The number of halogens is 3. The van der Waals surface area contributed by atoms with Crippen LogP contribution in [0.25, 0.3) is 10.8 Å². The van der Waals surface area contributed by atoms with Crippen LogP contribution in [0.2, 0.25) is 10.0 Å². The Hall–Kier alpha value is -2.44. The third-order valence-electron chi connectivity index (χ3n) is 3.76. The summed E-state index contributed by atoms with van der Waals surface area (Å²) in [4.78, 5) is 24.3. The van der Waals surface area contributed by atoms with Gasteiger partial charge in [0.2, 0.25) is 0 Å². The summed E-state index contributed by atoms with van der Waals surface area (Å²) < 4.78 is 13.7. The van der Waals surface area contributed by atoms with E-state index in [2.05, 4.69) is 15.5 Å². The standard InChI is InChI=1S/C17H12Cl2FN3O2/c1-8(11-6-14(20)13(19)7-12(11)18)21-17(25)15-9-4-2-3-5-10(9)16(24)23-22-15/h2-8H,1H3,(H,21,25)(H,23,24). The van der Waals surface area contributed by atoms with Crippen LogP contribution in [0.5, 0.6) is 0 Å². The van der Waals surface area contributed by atoms with Gasteiger partial charge in [0.1, 0.15) is 5.82 Å². The predicted octanol–water partition coefficient (Wildman–Crippen LogP) is 3.86. The Kier molecular flexibility index (Phi) is 4.74. The second-order valence-corrected chi connectivity index (χ2v) is 6.24. The molecule has 128 valence electrons. The molecule has 25 heavy (non-hydrogen) atoms. The minimum atomic E-state index is -0.630. The van der Waals surface area contributed by atoms with Crippen molar-refractivity contribution in [1.82, 2.24) is 15.5 Å². The number of aromatic amines is 1. The van der Waals surface area contributed by atoms with Gasteiger partial charge in [0.15, 0.2) is 5.69 Å². The van der Waals surface area contributed by atoms with Crippen molar-refractivity contribution in [2.45, 2.75) is 13.0 Å². The summed E-state index contributed by atoms with van der Waals surface area (Å²) in [5.41, 5.74) is 0.0567. The maximum atomic E-state index is 13.7. The van der Waals surface area contributed by atoms with E-state index >= 15 is 0 Å². The van der Waals surface area contributed by atoms with Crippen molar-refractivity contribution in [3.63, 3.8) is 0 Å². The first kappa shape index (κ1) is 17.4. The van der Waals surface area contributed by atoms with Gasteiger partial charge < -0.3 is 5.32 Å². The molecule has 0 aliphatic carbocycles. The lowest BCUT2D eigenvalue weighted by Gasteiger charge is -2.16. The van der Waals surface area contributed by atoms with Gasteiger partial charge in [-0.05, 0) is 30.7 Å². The normalized spacial score (nSPS) is 12.2. The van der Waals surface area contributed by atoms with E-state index in [-0.39, 0.29) is 21.3 Å². The fourth-order valence-electron chi connectivity index (χ4n) is 2.50. The zero-order valence-electron chi connectivity index (χ0n) is 12.9. The van der Waals surface area contributed by atoms with Gasteiger partial charge in [-0.3, -0.25) is 9.59 Å². The van der Waals surface area contributed by atoms with Gasteiger partial charge in [-0.25, -0.2) is 9.49 Å². The second-order valence-electron chi connectivity index (χ2n) is 5.43. The molecule has 0 spiro atoms. The van der Waals surface area contributed by atoms with E-state index in [1.807, 2.05) is 0 Å². The van der Waals surface area contributed by atoms with Crippen molar-refractivity contribution < 1.29 is 9.18 Å². The smallest absolute Gasteiger partial charge is 0.272 e. The van der Waals surface area contributed by atoms with Crippen molar-refractivity contribution >= 4 is 39.9 Å². The molecule has 2 N–H and O–H groups in total. The number of carbonyl (C=O) groups is 1. The Morgan fingerprint density at radius 2 is 1.88 bits per heavy atom.